The van der Waals surface area contributed by atoms with Gasteiger partial charge in [-0.1, -0.05) is 12.1 Å². The number of hydrogen-bond acceptors (Lipinski definition) is 3. The predicted molar refractivity (Wildman–Crippen MR) is 73.9 cm³/mol. The van der Waals surface area contributed by atoms with Crippen LogP contribution in [-0.4, -0.2) is 30.1 Å². The van der Waals surface area contributed by atoms with Gasteiger partial charge in [-0.2, -0.15) is 0 Å². The number of halogens is 1. The number of nitrogens with zero attached hydrogens (tertiary/aromatic N) is 1. The van der Waals surface area contributed by atoms with Crippen LogP contribution in [0.5, 0.6) is 0 Å². The Balaban J connectivity index is 2.02. The number of amides is 1. The predicted octanol–water partition coefficient (Wildman–Crippen LogP) is 1.59. The molecule has 2 saturated heterocycles. The van der Waals surface area contributed by atoms with Gasteiger partial charge in [-0.15, -0.1) is 0 Å². The van der Waals surface area contributed by atoms with Crippen LogP contribution in [0.4, 0.5) is 10.1 Å². The number of aliphatic hydroxyl groups is 1. The molecule has 2 aliphatic rings. The van der Waals surface area contributed by atoms with E-state index in [1.54, 1.807) is 19.1 Å². The average molecular weight is 278 g/mol. The second kappa shape index (κ2) is 5.05. The fraction of sp³-hybridized carbons (Fsp3) is 0.533. The van der Waals surface area contributed by atoms with Gasteiger partial charge in [0.2, 0.25) is 5.91 Å². The number of nitrogens with one attached hydrogen (secondary N) is 1. The van der Waals surface area contributed by atoms with E-state index < -0.39 is 6.10 Å². The molecule has 2 heterocycles. The molecule has 1 aromatic rings. The molecule has 3 atom stereocenters. The van der Waals surface area contributed by atoms with Crippen LogP contribution in [-0.2, 0) is 4.79 Å². The highest BCUT2D eigenvalue weighted by Crippen LogP contribution is 2.36. The molecule has 0 aliphatic carbocycles. The molecule has 20 heavy (non-hydrogen) atoms. The summed E-state index contributed by atoms with van der Waals surface area (Å²) in [5, 5.41) is 12.7. The number of aliphatic hydroxyl groups excluding tert-OH is 1. The lowest BCUT2D eigenvalue weighted by atomic mass is 9.90. The lowest BCUT2D eigenvalue weighted by Gasteiger charge is -2.39. The van der Waals surface area contributed by atoms with Gasteiger partial charge in [-0.05, 0) is 25.8 Å². The van der Waals surface area contributed by atoms with Gasteiger partial charge in [-0.25, -0.2) is 4.39 Å². The number of anilines is 1. The summed E-state index contributed by atoms with van der Waals surface area (Å²) in [6.45, 7) is 2.91. The van der Waals surface area contributed by atoms with Crippen LogP contribution in [0.1, 0.15) is 31.4 Å². The van der Waals surface area contributed by atoms with Gasteiger partial charge in [0.15, 0.2) is 0 Å². The highest BCUT2D eigenvalue weighted by molar-refractivity contribution is 5.83. The molecule has 4 nitrogen and oxygen atoms in total. The Hall–Kier alpha value is -1.62. The van der Waals surface area contributed by atoms with Crippen LogP contribution in [0.15, 0.2) is 18.2 Å². The van der Waals surface area contributed by atoms with Crippen molar-refractivity contribution in [1.29, 1.82) is 0 Å². The normalized spacial score (nSPS) is 27.1. The quantitative estimate of drug-likeness (QED) is 0.864. The van der Waals surface area contributed by atoms with Crippen LogP contribution < -0.4 is 10.2 Å². The van der Waals surface area contributed by atoms with Gasteiger partial charge in [-0.3, -0.25) is 4.79 Å². The summed E-state index contributed by atoms with van der Waals surface area (Å²) in [6.07, 6.45) is 0.985. The molecule has 0 aromatic heterocycles. The van der Waals surface area contributed by atoms with E-state index in [9.17, 15) is 14.3 Å². The molecule has 2 aliphatic heterocycles. The Labute approximate surface area is 117 Å². The fourth-order valence-corrected chi connectivity index (χ4v) is 3.40. The molecule has 1 aromatic carbocycles. The van der Waals surface area contributed by atoms with E-state index in [-0.39, 0.29) is 23.7 Å². The van der Waals surface area contributed by atoms with E-state index in [2.05, 4.69) is 5.32 Å². The third kappa shape index (κ3) is 2.06. The fourth-order valence-electron chi connectivity index (χ4n) is 3.40. The van der Waals surface area contributed by atoms with Crippen molar-refractivity contribution in [1.82, 2.24) is 5.32 Å². The summed E-state index contributed by atoms with van der Waals surface area (Å²) in [5.41, 5.74) is 1.04. The summed E-state index contributed by atoms with van der Waals surface area (Å²) in [5.74, 6) is -0.330. The van der Waals surface area contributed by atoms with E-state index in [1.165, 1.54) is 6.07 Å². The van der Waals surface area contributed by atoms with E-state index in [0.717, 1.165) is 19.4 Å². The van der Waals surface area contributed by atoms with E-state index in [0.29, 0.717) is 17.8 Å². The first-order valence-corrected chi connectivity index (χ1v) is 7.10. The standard InChI is InChI=1S/C15H19FN2O2/c1-9(19)10-4-2-6-12(16)14(10)18-7-3-5-11-13(18)8-17-15(11)20/h2,4,6,9,11,13,19H,3,5,7-8H2,1H3,(H,17,20)/t9-,11?,13?/m0/s1. The van der Waals surface area contributed by atoms with Crippen molar-refractivity contribution < 1.29 is 14.3 Å². The Morgan fingerprint density at radius 1 is 1.50 bits per heavy atom. The Bertz CT molecular complexity index is 533. The molecular weight excluding hydrogens is 259 g/mol. The SMILES string of the molecule is C[C@H](O)c1cccc(F)c1N1CCCC2C(=O)NCC21. The van der Waals surface area contributed by atoms with Gasteiger partial charge in [0.25, 0.3) is 0 Å². The number of rotatable bonds is 2. The summed E-state index contributed by atoms with van der Waals surface area (Å²) < 4.78 is 14.3. The minimum Gasteiger partial charge on any atom is -0.389 e. The zero-order valence-corrected chi connectivity index (χ0v) is 11.5. The molecule has 2 fully saturated rings. The maximum atomic E-state index is 14.3. The zero-order valence-electron chi connectivity index (χ0n) is 11.5. The third-order valence-corrected chi connectivity index (χ3v) is 4.36. The molecule has 0 radical (unpaired) electrons. The van der Waals surface area contributed by atoms with Crippen LogP contribution in [0, 0.1) is 11.7 Å². The van der Waals surface area contributed by atoms with Crippen molar-refractivity contribution in [3.63, 3.8) is 0 Å². The molecule has 2 N–H and O–H groups in total. The van der Waals surface area contributed by atoms with E-state index >= 15 is 0 Å². The Morgan fingerprint density at radius 3 is 3.05 bits per heavy atom. The lowest BCUT2D eigenvalue weighted by Crippen LogP contribution is -2.46. The molecule has 0 saturated carbocycles. The minimum absolute atomic E-state index is 0.00866. The van der Waals surface area contributed by atoms with Crippen LogP contribution in [0.2, 0.25) is 0 Å². The highest BCUT2D eigenvalue weighted by Gasteiger charge is 2.42. The summed E-state index contributed by atoms with van der Waals surface area (Å²) in [7, 11) is 0. The third-order valence-electron chi connectivity index (χ3n) is 4.36. The molecule has 1 amide bonds. The second-order valence-electron chi connectivity index (χ2n) is 5.61. The minimum atomic E-state index is -0.730. The topological polar surface area (TPSA) is 52.6 Å². The lowest BCUT2D eigenvalue weighted by molar-refractivity contribution is -0.123. The van der Waals surface area contributed by atoms with Crippen molar-refractivity contribution >= 4 is 11.6 Å². The number of carbonyl (C=O) groups is 1. The first-order chi connectivity index (χ1) is 9.59. The molecule has 5 heteroatoms. The largest absolute Gasteiger partial charge is 0.389 e. The van der Waals surface area contributed by atoms with Crippen molar-refractivity contribution in [2.45, 2.75) is 31.9 Å². The molecule has 0 spiro atoms. The monoisotopic (exact) mass is 278 g/mol. The summed E-state index contributed by atoms with van der Waals surface area (Å²) in [4.78, 5) is 13.8. The van der Waals surface area contributed by atoms with Gasteiger partial charge in [0, 0.05) is 18.7 Å². The van der Waals surface area contributed by atoms with Crippen LogP contribution >= 0.6 is 0 Å². The number of benzene rings is 1. The average Bonchev–Trinajstić information content (AvgIpc) is 2.80. The van der Waals surface area contributed by atoms with Crippen LogP contribution in [0.25, 0.3) is 0 Å². The highest BCUT2D eigenvalue weighted by atomic mass is 19.1. The Kier molecular flexibility index (Phi) is 3.38. The number of piperidine rings is 1. The molecule has 0 bridgehead atoms. The molecule has 108 valence electrons. The summed E-state index contributed by atoms with van der Waals surface area (Å²) in [6, 6.07) is 4.76. The van der Waals surface area contributed by atoms with Crippen molar-refractivity contribution in [2.75, 3.05) is 18.0 Å². The maximum absolute atomic E-state index is 14.3. The maximum Gasteiger partial charge on any atom is 0.225 e. The van der Waals surface area contributed by atoms with E-state index in [4.69, 9.17) is 0 Å². The number of para-hydroxylation sites is 1. The van der Waals surface area contributed by atoms with Crippen molar-refractivity contribution in [3.8, 4) is 0 Å². The smallest absolute Gasteiger partial charge is 0.225 e. The van der Waals surface area contributed by atoms with Crippen molar-refractivity contribution in [2.24, 2.45) is 5.92 Å². The van der Waals surface area contributed by atoms with Crippen molar-refractivity contribution in [3.05, 3.63) is 29.6 Å². The van der Waals surface area contributed by atoms with Gasteiger partial charge in [0.1, 0.15) is 5.82 Å². The van der Waals surface area contributed by atoms with Gasteiger partial charge in [0.05, 0.1) is 23.8 Å². The van der Waals surface area contributed by atoms with E-state index in [1.807, 2.05) is 4.90 Å². The number of hydrogen-bond donors (Lipinski definition) is 2. The van der Waals surface area contributed by atoms with Gasteiger partial charge >= 0.3 is 0 Å². The second-order valence-corrected chi connectivity index (χ2v) is 5.61. The van der Waals surface area contributed by atoms with Gasteiger partial charge < -0.3 is 15.3 Å². The number of carbonyl (C=O) groups excluding carboxylic acids is 1. The first-order valence-electron chi connectivity index (χ1n) is 7.10. The summed E-state index contributed by atoms with van der Waals surface area (Å²) >= 11 is 0. The zero-order chi connectivity index (χ0) is 14.3. The molecule has 3 rings (SSSR count). The number of fused-ring (bicyclic) bond motifs is 1. The molecule has 2 unspecified atom stereocenters. The van der Waals surface area contributed by atoms with Crippen LogP contribution in [0.3, 0.4) is 0 Å². The Morgan fingerprint density at radius 2 is 2.30 bits per heavy atom. The first kappa shape index (κ1) is 13.4. The molecular formula is C15H19FN2O2.